The van der Waals surface area contributed by atoms with Gasteiger partial charge in [-0.25, -0.2) is 0 Å². The van der Waals surface area contributed by atoms with Crippen LogP contribution in [0.4, 0.5) is 0 Å². The van der Waals surface area contributed by atoms with Crippen LogP contribution in [-0.4, -0.2) is 0 Å². The molecule has 84 valence electrons. The number of nitrogens with two attached hydrogens (primary N) is 1. The van der Waals surface area contributed by atoms with Crippen LogP contribution in [0.1, 0.15) is 57.2 Å². The molecule has 0 aliphatic heterocycles. The molecule has 2 N–H and O–H groups in total. The largest absolute Gasteiger partial charge is 0.324 e. The van der Waals surface area contributed by atoms with Crippen LogP contribution >= 0.6 is 0 Å². The van der Waals surface area contributed by atoms with Crippen LogP contribution < -0.4 is 5.73 Å². The molecular weight excluding hydrogens is 182 g/mol. The Morgan fingerprint density at radius 1 is 1.00 bits per heavy atom. The predicted octanol–water partition coefficient (Wildman–Crippen LogP) is 3.86. The Morgan fingerprint density at radius 2 is 1.47 bits per heavy atom. The summed E-state index contributed by atoms with van der Waals surface area (Å²) < 4.78 is 0. The van der Waals surface area contributed by atoms with E-state index in [0.717, 1.165) is 0 Å². The summed E-state index contributed by atoms with van der Waals surface area (Å²) in [6, 6.07) is 8.94. The Morgan fingerprint density at radius 3 is 1.87 bits per heavy atom. The van der Waals surface area contributed by atoms with E-state index in [1.54, 1.807) is 0 Å². The van der Waals surface area contributed by atoms with Crippen molar-refractivity contribution in [3.05, 3.63) is 35.4 Å². The summed E-state index contributed by atoms with van der Waals surface area (Å²) in [6.07, 6.45) is 1.19. The predicted molar refractivity (Wildman–Crippen MR) is 66.9 cm³/mol. The highest BCUT2D eigenvalue weighted by Crippen LogP contribution is 2.23. The first-order valence-electron chi connectivity index (χ1n) is 5.91. The lowest BCUT2D eigenvalue weighted by Gasteiger charge is -2.17. The van der Waals surface area contributed by atoms with Crippen molar-refractivity contribution in [2.24, 2.45) is 11.7 Å². The van der Waals surface area contributed by atoms with Crippen molar-refractivity contribution in [3.8, 4) is 0 Å². The molecule has 0 aromatic heterocycles. The molecular formula is C14H23N. The van der Waals surface area contributed by atoms with Crippen LogP contribution in [0.5, 0.6) is 0 Å². The van der Waals surface area contributed by atoms with Gasteiger partial charge in [0.2, 0.25) is 0 Å². The molecule has 0 radical (unpaired) electrons. The first kappa shape index (κ1) is 12.3. The lowest BCUT2D eigenvalue weighted by Crippen LogP contribution is -2.16. The molecule has 0 aliphatic carbocycles. The first-order valence-corrected chi connectivity index (χ1v) is 5.91. The lowest BCUT2D eigenvalue weighted by molar-refractivity contribution is 0.514. The lowest BCUT2D eigenvalue weighted by atomic mass is 9.93. The molecule has 0 bridgehead atoms. The highest BCUT2D eigenvalue weighted by atomic mass is 14.6. The third kappa shape index (κ3) is 3.07. The van der Waals surface area contributed by atoms with E-state index in [1.807, 2.05) is 0 Å². The second-order valence-electron chi connectivity index (χ2n) is 4.75. The zero-order chi connectivity index (χ0) is 11.4. The van der Waals surface area contributed by atoms with Gasteiger partial charge in [-0.2, -0.15) is 0 Å². The van der Waals surface area contributed by atoms with Crippen molar-refractivity contribution in [2.75, 3.05) is 0 Å². The molecule has 0 saturated carbocycles. The first-order chi connectivity index (χ1) is 7.06. The summed E-state index contributed by atoms with van der Waals surface area (Å²) in [6.45, 7) is 8.80. The van der Waals surface area contributed by atoms with Gasteiger partial charge in [-0.1, -0.05) is 52.0 Å². The number of rotatable bonds is 4. The van der Waals surface area contributed by atoms with Crippen LogP contribution in [0.25, 0.3) is 0 Å². The van der Waals surface area contributed by atoms with Crippen LogP contribution in [0.15, 0.2) is 24.3 Å². The number of hydrogen-bond donors (Lipinski definition) is 1. The second-order valence-corrected chi connectivity index (χ2v) is 4.75. The Balaban J connectivity index is 2.80. The monoisotopic (exact) mass is 205 g/mol. The van der Waals surface area contributed by atoms with E-state index in [1.165, 1.54) is 17.5 Å². The minimum atomic E-state index is 0.163. The van der Waals surface area contributed by atoms with Crippen molar-refractivity contribution in [1.29, 1.82) is 0 Å². The van der Waals surface area contributed by atoms with E-state index >= 15 is 0 Å². The number of benzene rings is 1. The van der Waals surface area contributed by atoms with E-state index in [9.17, 15) is 0 Å². The van der Waals surface area contributed by atoms with Crippen molar-refractivity contribution >= 4 is 0 Å². The molecule has 1 heteroatoms. The molecule has 0 saturated heterocycles. The molecule has 1 rings (SSSR count). The van der Waals surface area contributed by atoms with Gasteiger partial charge in [0.25, 0.3) is 0 Å². The molecule has 1 aromatic rings. The van der Waals surface area contributed by atoms with Gasteiger partial charge in [0.1, 0.15) is 0 Å². The van der Waals surface area contributed by atoms with Crippen LogP contribution in [0.2, 0.25) is 0 Å². The van der Waals surface area contributed by atoms with E-state index in [-0.39, 0.29) is 6.04 Å². The van der Waals surface area contributed by atoms with E-state index in [2.05, 4.69) is 52.0 Å². The fourth-order valence-electron chi connectivity index (χ4n) is 1.67. The van der Waals surface area contributed by atoms with Gasteiger partial charge in [-0.3, -0.25) is 0 Å². The number of hydrogen-bond acceptors (Lipinski definition) is 1. The van der Waals surface area contributed by atoms with Gasteiger partial charge >= 0.3 is 0 Å². The van der Waals surface area contributed by atoms with Crippen molar-refractivity contribution in [2.45, 2.75) is 46.1 Å². The van der Waals surface area contributed by atoms with Gasteiger partial charge < -0.3 is 5.73 Å². The van der Waals surface area contributed by atoms with Gasteiger partial charge in [-0.05, 0) is 29.4 Å². The summed E-state index contributed by atoms with van der Waals surface area (Å²) in [5.41, 5.74) is 8.76. The smallest absolute Gasteiger partial charge is 0.0318 e. The molecule has 0 fully saturated rings. The fraction of sp³-hybridized carbons (Fsp3) is 0.571. The molecule has 0 spiro atoms. The summed E-state index contributed by atoms with van der Waals surface area (Å²) in [7, 11) is 0. The maximum Gasteiger partial charge on any atom is 0.0318 e. The van der Waals surface area contributed by atoms with Gasteiger partial charge in [-0.15, -0.1) is 0 Å². The maximum atomic E-state index is 6.10. The summed E-state index contributed by atoms with van der Waals surface area (Å²) in [5.74, 6) is 1.15. The van der Waals surface area contributed by atoms with Crippen LogP contribution in [0.3, 0.4) is 0 Å². The molecule has 0 aliphatic rings. The molecule has 1 nitrogen and oxygen atoms in total. The van der Waals surface area contributed by atoms with Crippen LogP contribution in [0, 0.1) is 5.92 Å². The molecule has 0 amide bonds. The Labute approximate surface area is 93.7 Å². The van der Waals surface area contributed by atoms with E-state index in [4.69, 9.17) is 5.73 Å². The normalized spacial score (nSPS) is 15.3. The molecule has 0 unspecified atom stereocenters. The van der Waals surface area contributed by atoms with Crippen molar-refractivity contribution < 1.29 is 0 Å². The topological polar surface area (TPSA) is 26.0 Å². The van der Waals surface area contributed by atoms with Crippen molar-refractivity contribution in [3.63, 3.8) is 0 Å². The third-order valence-electron chi connectivity index (χ3n) is 3.22. The quantitative estimate of drug-likeness (QED) is 0.793. The average Bonchev–Trinajstić information content (AvgIpc) is 2.27. The molecule has 15 heavy (non-hydrogen) atoms. The zero-order valence-corrected chi connectivity index (χ0v) is 10.3. The Kier molecular flexibility index (Phi) is 4.34. The van der Waals surface area contributed by atoms with Gasteiger partial charge in [0, 0.05) is 6.04 Å². The molecule has 1 aromatic carbocycles. The van der Waals surface area contributed by atoms with Gasteiger partial charge in [0.05, 0.1) is 0 Å². The van der Waals surface area contributed by atoms with E-state index in [0.29, 0.717) is 11.8 Å². The Bertz CT molecular complexity index is 287. The summed E-state index contributed by atoms with van der Waals surface area (Å²) in [5, 5.41) is 0. The third-order valence-corrected chi connectivity index (χ3v) is 3.22. The fourth-order valence-corrected chi connectivity index (χ4v) is 1.67. The van der Waals surface area contributed by atoms with Gasteiger partial charge in [0.15, 0.2) is 0 Å². The Hall–Kier alpha value is -0.820. The SMILES string of the molecule is CC[C@H](C)c1ccc([C@H](N)C(C)C)cc1. The average molecular weight is 205 g/mol. The molecule has 2 atom stereocenters. The van der Waals surface area contributed by atoms with E-state index < -0.39 is 0 Å². The minimum Gasteiger partial charge on any atom is -0.324 e. The van der Waals surface area contributed by atoms with Crippen LogP contribution in [-0.2, 0) is 0 Å². The second kappa shape index (κ2) is 5.32. The zero-order valence-electron chi connectivity index (χ0n) is 10.3. The minimum absolute atomic E-state index is 0.163. The summed E-state index contributed by atoms with van der Waals surface area (Å²) >= 11 is 0. The highest BCUT2D eigenvalue weighted by Gasteiger charge is 2.10. The summed E-state index contributed by atoms with van der Waals surface area (Å²) in [4.78, 5) is 0. The highest BCUT2D eigenvalue weighted by molar-refractivity contribution is 5.27. The standard InChI is InChI=1S/C14H23N/c1-5-11(4)12-6-8-13(9-7-12)14(15)10(2)3/h6-11,14H,5,15H2,1-4H3/t11-,14+/m0/s1. The van der Waals surface area contributed by atoms with Crippen molar-refractivity contribution in [1.82, 2.24) is 0 Å². The molecule has 0 heterocycles. The maximum absolute atomic E-state index is 6.10.